The third kappa shape index (κ3) is 31.3. The molecule has 4 aromatic heterocycles. The van der Waals surface area contributed by atoms with Crippen molar-refractivity contribution in [2.45, 2.75) is 205 Å². The zero-order valence-corrected chi connectivity index (χ0v) is 72.9. The summed E-state index contributed by atoms with van der Waals surface area (Å²) in [6.45, 7) is 42.6. The summed E-state index contributed by atoms with van der Waals surface area (Å²) in [7, 11) is -4.02. The molecule has 2 aromatic carbocycles. The number of methoxy groups -OCH3 is 2. The first-order valence-corrected chi connectivity index (χ1v) is 40.5. The van der Waals surface area contributed by atoms with E-state index in [2.05, 4.69) is 83.7 Å². The maximum absolute atomic E-state index is 13.7. The van der Waals surface area contributed by atoms with Gasteiger partial charge in [-0.1, -0.05) is 48.5 Å². The second kappa shape index (κ2) is 43.3. The number of para-hydroxylation sites is 2. The van der Waals surface area contributed by atoms with Gasteiger partial charge in [-0.05, 0) is 192 Å². The zero-order valence-electron chi connectivity index (χ0n) is 71.1. The Morgan fingerprint density at radius 1 is 0.672 bits per heavy atom. The number of piperidine rings is 2. The molecule has 6 aromatic rings. The first kappa shape index (κ1) is 101. The Hall–Kier alpha value is -9.22. The summed E-state index contributed by atoms with van der Waals surface area (Å²) < 4.78 is 96.8. The molecule has 0 bridgehead atoms. The molecule has 27 nitrogen and oxygen atoms in total. The summed E-state index contributed by atoms with van der Waals surface area (Å²) in [5.41, 5.74) is 10.9. The average Bonchev–Trinajstić information content (AvgIpc) is 1.53. The number of pyridine rings is 2. The van der Waals surface area contributed by atoms with E-state index in [0.29, 0.717) is 123 Å². The number of aryl methyl sites for hydroxylation is 2. The number of halogens is 7. The summed E-state index contributed by atoms with van der Waals surface area (Å²) in [6.07, 6.45) is 3.47. The summed E-state index contributed by atoms with van der Waals surface area (Å²) in [5, 5.41) is 23.8. The van der Waals surface area contributed by atoms with Crippen LogP contribution in [-0.2, 0) is 41.5 Å². The van der Waals surface area contributed by atoms with Crippen molar-refractivity contribution in [3.05, 3.63) is 126 Å². The van der Waals surface area contributed by atoms with Crippen LogP contribution < -0.4 is 26.3 Å². The normalized spacial score (nSPS) is 15.3. The number of aromatic nitrogens is 4. The number of amides is 2. The van der Waals surface area contributed by atoms with Crippen molar-refractivity contribution < 1.29 is 92.1 Å². The van der Waals surface area contributed by atoms with Crippen molar-refractivity contribution in [2.75, 3.05) is 93.9 Å². The Bertz CT molecular complexity index is 4500. The number of carbonyl (C=O) groups excluding carboxylic acids is 4. The van der Waals surface area contributed by atoms with Crippen molar-refractivity contribution in [3.8, 4) is 17.6 Å². The second-order valence-corrected chi connectivity index (χ2v) is 32.9. The number of fused-ring (bicyclic) bond motifs is 2. The van der Waals surface area contributed by atoms with Gasteiger partial charge in [-0.2, -0.15) is 5.26 Å². The molecule has 0 aliphatic carbocycles. The summed E-state index contributed by atoms with van der Waals surface area (Å²) in [6, 6.07) is 23.0. The van der Waals surface area contributed by atoms with Gasteiger partial charge in [0.15, 0.2) is 5.78 Å². The van der Waals surface area contributed by atoms with Crippen LogP contribution in [0.5, 0.6) is 11.5 Å². The number of H-pyrrole nitrogens is 2. The second-order valence-electron chi connectivity index (χ2n) is 31.0. The molecule has 5 N–H and O–H groups in total. The summed E-state index contributed by atoms with van der Waals surface area (Å²) >= 11 is 0. The van der Waals surface area contributed by atoms with Crippen molar-refractivity contribution in [1.82, 2.24) is 38.7 Å². The number of nitrogens with zero attached hydrogens (tertiary/aromatic N) is 9. The van der Waals surface area contributed by atoms with Gasteiger partial charge in [0.25, 0.3) is 16.8 Å². The fourth-order valence-electron chi connectivity index (χ4n) is 14.1. The Kier molecular flexibility index (Phi) is 37.7. The molecule has 2 amide bonds. The predicted octanol–water partition coefficient (Wildman–Crippen LogP) is 16.3. The van der Waals surface area contributed by atoms with Gasteiger partial charge < -0.3 is 68.2 Å². The summed E-state index contributed by atoms with van der Waals surface area (Å²) in [5.74, 6) is 0.116. The van der Waals surface area contributed by atoms with E-state index in [1.165, 1.54) is 14.2 Å². The number of benzene rings is 2. The van der Waals surface area contributed by atoms with E-state index in [4.69, 9.17) is 44.3 Å². The van der Waals surface area contributed by atoms with Crippen LogP contribution in [-0.4, -0.2) is 207 Å². The van der Waals surface area contributed by atoms with Crippen LogP contribution in [0.3, 0.4) is 0 Å². The molecule has 3 aliphatic heterocycles. The number of carbonyl (C=O) groups is 5. The number of hydrogen-bond donors (Lipinski definition) is 4. The average molecular weight is 1680 g/mol. The first-order chi connectivity index (χ1) is 53.3. The fraction of sp³-hybridized carbons (Fsp3) is 0.580. The SMILES string of the molecule is CCN(C(C)C)C(C)C.CCOC(=O)/C(C#N)=N/OC(N1CCOCC1)=[N+](C)C.COc1cc(C)[nH]c(=O)c1CCC(=O)c1c(C)n(C(C)C2CCN(C(=O)OC(C)(C)C)CC2)c2ccccc12.COc1cc(C)[nH]c(=O)c1CN.Cc1c(C(=O)O)c2ccccc2n1C(C)C1CCN(C(=O)OC(C)(C)C)CC1.Cl.F[P-](F)(F)(F)(F)F. The summed E-state index contributed by atoms with van der Waals surface area (Å²) in [4.78, 5) is 104. The molecule has 35 heteroatoms. The van der Waals surface area contributed by atoms with Crippen LogP contribution >= 0.6 is 20.2 Å². The minimum absolute atomic E-state index is 0. The number of nitrogens with two attached hydrogens (primary N) is 1. The molecule has 0 radical (unpaired) electrons. The zero-order chi connectivity index (χ0) is 87.1. The molecule has 7 heterocycles. The van der Waals surface area contributed by atoms with E-state index < -0.39 is 36.7 Å². The number of nitriles is 1. The monoisotopic (exact) mass is 1680 g/mol. The molecule has 3 aliphatic rings. The number of ether oxygens (including phenoxy) is 6. The van der Waals surface area contributed by atoms with E-state index >= 15 is 0 Å². The van der Waals surface area contributed by atoms with Crippen molar-refractivity contribution in [2.24, 2.45) is 22.7 Å². The van der Waals surface area contributed by atoms with Crippen molar-refractivity contribution in [3.63, 3.8) is 0 Å². The first-order valence-electron chi connectivity index (χ1n) is 38.5. The van der Waals surface area contributed by atoms with Crippen LogP contribution in [0.15, 0.2) is 75.4 Å². The Balaban J connectivity index is 0.000000395. The molecule has 650 valence electrons. The minimum atomic E-state index is -10.7. The number of hydrogen-bond acceptors (Lipinski definition) is 18. The molecule has 2 unspecified atom stereocenters. The van der Waals surface area contributed by atoms with E-state index in [0.717, 1.165) is 76.8 Å². The number of aromatic carboxylic acids is 1. The molecule has 116 heavy (non-hydrogen) atoms. The predicted molar refractivity (Wildman–Crippen MR) is 442 cm³/mol. The number of likely N-dealkylation sites (tertiary alicyclic amines) is 2. The Labute approximate surface area is 682 Å². The number of oxime groups is 1. The van der Waals surface area contributed by atoms with Gasteiger partial charge in [0, 0.05) is 113 Å². The third-order valence-corrected chi connectivity index (χ3v) is 19.2. The van der Waals surface area contributed by atoms with Crippen LogP contribution in [0.4, 0.5) is 34.8 Å². The van der Waals surface area contributed by atoms with Crippen molar-refractivity contribution in [1.29, 1.82) is 5.26 Å². The quantitative estimate of drug-likeness (QED) is 0.00715. The van der Waals surface area contributed by atoms with E-state index in [1.54, 1.807) is 67.4 Å². The Morgan fingerprint density at radius 3 is 1.42 bits per heavy atom. The third-order valence-electron chi connectivity index (χ3n) is 19.2. The van der Waals surface area contributed by atoms with Gasteiger partial charge in [0.2, 0.25) is 0 Å². The molecule has 0 spiro atoms. The molecule has 2 atom stereocenters. The maximum atomic E-state index is 13.7. The molecule has 3 saturated heterocycles. The molecular formula is C81H122ClF6N12O15P. The molecular weight excluding hydrogens is 1560 g/mol. The fourth-order valence-corrected chi connectivity index (χ4v) is 14.1. The number of rotatable bonds is 18. The van der Waals surface area contributed by atoms with E-state index in [9.17, 15) is 63.8 Å². The number of carboxylic acid groups (broad SMARTS) is 1. The number of nitrogens with one attached hydrogen (secondary N) is 2. The van der Waals surface area contributed by atoms with Crippen LogP contribution in [0.2, 0.25) is 0 Å². The number of Topliss-reactive ketones (excluding diaryl/α,β-unsaturated/α-hetero) is 1. The topological polar surface area (TPSA) is 324 Å². The van der Waals surface area contributed by atoms with Crippen LogP contribution in [0.1, 0.15) is 196 Å². The van der Waals surface area contributed by atoms with Crippen LogP contribution in [0.25, 0.3) is 21.8 Å². The van der Waals surface area contributed by atoms with Gasteiger partial charge >= 0.3 is 63.1 Å². The van der Waals surface area contributed by atoms with E-state index in [1.807, 2.05) is 103 Å². The van der Waals surface area contributed by atoms with Gasteiger partial charge in [-0.15, -0.1) is 12.4 Å². The number of esters is 1. The number of aromatic amines is 2. The van der Waals surface area contributed by atoms with Crippen LogP contribution in [0, 0.1) is 50.9 Å². The molecule has 3 fully saturated rings. The van der Waals surface area contributed by atoms with Gasteiger partial charge in [-0.3, -0.25) is 24.1 Å². The van der Waals surface area contributed by atoms with Gasteiger partial charge in [0.05, 0.1) is 64.8 Å². The van der Waals surface area contributed by atoms with Crippen molar-refractivity contribution >= 4 is 83.7 Å². The number of carboxylic acids is 1. The number of ketones is 1. The Morgan fingerprint density at radius 2 is 1.07 bits per heavy atom. The van der Waals surface area contributed by atoms with Gasteiger partial charge in [-0.25, -0.2) is 28.7 Å². The number of amidine groups is 1. The van der Waals surface area contributed by atoms with Gasteiger partial charge in [0.1, 0.15) is 41.9 Å². The van der Waals surface area contributed by atoms with E-state index in [-0.39, 0.29) is 73.2 Å². The number of morpholine rings is 1. The standard InChI is InChI=1S/C31H41N3O5.C22H30N2O4.C12H19N4O4.C8H12N2O2.C8H19N.ClH.F6P/c1-19-18-27(38-7)24(29(36)32-19)12-13-26(35)28-21(3)34(25-11-9-8-10-23(25)28)20(2)22-14-16-33(17-15-22)30(37)39-31(4,5)6;1-14(16-10-12-23(13-11-16)21(27)28-22(3,4)5)24-15(2)19(20(25)26)17-8-6-7-9-18(17)24;1-4-19-11(17)10(9-13)14-20-12(15(2)3)16-5-7-18-8-6-16;1-5-3-7(12-2)6(4-9)8(11)10-5;1-6-9(7(2)3)8(4)5;;1-7(2,3,4,5)6/h8-11,18,20,22H,12-17H2,1-7H3,(H,32,36);6-9,14,16H,10-13H2,1-5H3,(H,25,26);4-8H2,1-3H3;3H,4,9H2,1-2H3,(H,10,11);7-8H,6H2,1-5H3;1H;/q;;+1;;;;-1/b;;14-10+;;;;. The molecule has 0 saturated carbocycles. The molecule has 9 rings (SSSR count).